The van der Waals surface area contributed by atoms with Gasteiger partial charge in [-0.1, -0.05) is 39.8 Å². The fourth-order valence-electron chi connectivity index (χ4n) is 5.26. The van der Waals surface area contributed by atoms with Crippen LogP contribution in [0.5, 0.6) is 11.5 Å². The summed E-state index contributed by atoms with van der Waals surface area (Å²) < 4.78 is 26.2. The molecule has 0 saturated heterocycles. The molecule has 0 bridgehead atoms. The summed E-state index contributed by atoms with van der Waals surface area (Å²) in [5.74, 6) is 0.434. The quantitative estimate of drug-likeness (QED) is 0.293. The Morgan fingerprint density at radius 3 is 2.53 bits per heavy atom. The molecule has 1 N–H and O–H groups in total. The van der Waals surface area contributed by atoms with Crippen molar-refractivity contribution in [3.05, 3.63) is 71.4 Å². The third-order valence-electron chi connectivity index (χ3n) is 7.27. The van der Waals surface area contributed by atoms with Gasteiger partial charge in [0.15, 0.2) is 0 Å². The molecule has 1 heterocycles. The van der Waals surface area contributed by atoms with Crippen LogP contribution >= 0.6 is 0 Å². The van der Waals surface area contributed by atoms with Crippen LogP contribution in [0.25, 0.3) is 11.3 Å². The van der Waals surface area contributed by atoms with Crippen molar-refractivity contribution >= 4 is 5.97 Å². The van der Waals surface area contributed by atoms with Gasteiger partial charge in [-0.05, 0) is 72.9 Å². The Bertz CT molecular complexity index is 1300. The molecule has 6 nitrogen and oxygen atoms in total. The van der Waals surface area contributed by atoms with E-state index >= 15 is 0 Å². The van der Waals surface area contributed by atoms with Crippen LogP contribution in [-0.4, -0.2) is 28.2 Å². The Morgan fingerprint density at radius 1 is 1.13 bits per heavy atom. The maximum atomic E-state index is 14.8. The van der Waals surface area contributed by atoms with Crippen molar-refractivity contribution in [1.29, 1.82) is 0 Å². The van der Waals surface area contributed by atoms with Crippen LogP contribution in [0.3, 0.4) is 0 Å². The van der Waals surface area contributed by atoms with Gasteiger partial charge in [0.05, 0.1) is 36.8 Å². The van der Waals surface area contributed by atoms with Crippen LogP contribution < -0.4 is 9.47 Å². The van der Waals surface area contributed by atoms with Crippen LogP contribution in [0.4, 0.5) is 4.39 Å². The lowest BCUT2D eigenvalue weighted by Gasteiger charge is -2.32. The predicted molar refractivity (Wildman–Crippen MR) is 145 cm³/mol. The van der Waals surface area contributed by atoms with Crippen LogP contribution in [0.1, 0.15) is 70.3 Å². The van der Waals surface area contributed by atoms with Crippen molar-refractivity contribution in [2.24, 2.45) is 11.3 Å². The number of halogens is 1. The molecule has 1 atom stereocenters. The van der Waals surface area contributed by atoms with E-state index in [1.165, 1.54) is 6.07 Å². The molecule has 1 aliphatic rings. The highest BCUT2D eigenvalue weighted by Gasteiger charge is 2.46. The highest BCUT2D eigenvalue weighted by atomic mass is 19.1. The van der Waals surface area contributed by atoms with E-state index in [0.717, 1.165) is 24.8 Å². The minimum absolute atomic E-state index is 0.0942. The maximum absolute atomic E-state index is 14.8. The summed E-state index contributed by atoms with van der Waals surface area (Å²) in [6.45, 7) is 8.56. The average molecular weight is 521 g/mol. The zero-order valence-corrected chi connectivity index (χ0v) is 22.9. The second-order valence-corrected chi connectivity index (χ2v) is 11.4. The van der Waals surface area contributed by atoms with Gasteiger partial charge >= 0.3 is 5.97 Å². The zero-order chi connectivity index (χ0) is 27.5. The number of nitrogens with zero attached hydrogens (tertiary/aromatic N) is 2. The van der Waals surface area contributed by atoms with Crippen molar-refractivity contribution in [3.8, 4) is 22.8 Å². The molecule has 0 radical (unpaired) electrons. The number of aliphatic carboxylic acids is 1. The second-order valence-electron chi connectivity index (χ2n) is 11.4. The van der Waals surface area contributed by atoms with Gasteiger partial charge in [0.25, 0.3) is 0 Å². The molecule has 0 unspecified atom stereocenters. The third kappa shape index (κ3) is 6.32. The molecule has 38 heavy (non-hydrogen) atoms. The lowest BCUT2D eigenvalue weighted by atomic mass is 9.71. The summed E-state index contributed by atoms with van der Waals surface area (Å²) >= 11 is 0. The van der Waals surface area contributed by atoms with Gasteiger partial charge < -0.3 is 14.6 Å². The highest BCUT2D eigenvalue weighted by molar-refractivity contribution is 5.69. The van der Waals surface area contributed by atoms with E-state index in [1.807, 2.05) is 24.3 Å². The zero-order valence-electron chi connectivity index (χ0n) is 22.9. The molecule has 1 fully saturated rings. The Balaban J connectivity index is 1.61. The molecule has 1 aliphatic carbocycles. The van der Waals surface area contributed by atoms with Crippen molar-refractivity contribution in [3.63, 3.8) is 0 Å². The van der Waals surface area contributed by atoms with Gasteiger partial charge in [-0.3, -0.25) is 14.8 Å². The molecule has 4 rings (SSSR count). The normalized spacial score (nSPS) is 15.1. The molecule has 0 aliphatic heterocycles. The summed E-state index contributed by atoms with van der Waals surface area (Å²) in [7, 11) is 1.55. The first-order valence-electron chi connectivity index (χ1n) is 13.2. The summed E-state index contributed by atoms with van der Waals surface area (Å²) in [5.41, 5.74) is 2.70. The highest BCUT2D eigenvalue weighted by Crippen LogP contribution is 2.52. The molecule has 202 valence electrons. The standard InChI is InChI=1S/C31H37FN2O4/c1-6-31(17-28(35)36,20-10-11-20)21-8-7-9-24(14-21)38-19-22-18-33-29(27(34-22)16-30(2,3)4)25-15-23(37-5)12-13-26(25)32/h7-9,12-15,18,20H,6,10-11,16-17,19H2,1-5H3,(H,35,36)/t31-/m0/s1. The largest absolute Gasteiger partial charge is 0.497 e. The number of ether oxygens (including phenoxy) is 2. The second kappa shape index (κ2) is 11.1. The number of aromatic nitrogens is 2. The Hall–Kier alpha value is -3.48. The van der Waals surface area contributed by atoms with Crippen molar-refractivity contribution in [2.45, 2.75) is 71.8 Å². The Morgan fingerprint density at radius 2 is 1.89 bits per heavy atom. The van der Waals surface area contributed by atoms with Crippen LogP contribution in [0.15, 0.2) is 48.7 Å². The van der Waals surface area contributed by atoms with E-state index in [-0.39, 0.29) is 29.7 Å². The third-order valence-corrected chi connectivity index (χ3v) is 7.27. The molecule has 1 saturated carbocycles. The number of methoxy groups -OCH3 is 1. The van der Waals surface area contributed by atoms with E-state index in [0.29, 0.717) is 46.5 Å². The average Bonchev–Trinajstić information content (AvgIpc) is 3.72. The van der Waals surface area contributed by atoms with Gasteiger partial charge in [0.1, 0.15) is 23.9 Å². The number of rotatable bonds is 11. The number of hydrogen-bond donors (Lipinski definition) is 1. The molecule has 0 spiro atoms. The van der Waals surface area contributed by atoms with Crippen molar-refractivity contribution < 1.29 is 23.8 Å². The fourth-order valence-corrected chi connectivity index (χ4v) is 5.26. The van der Waals surface area contributed by atoms with Crippen LogP contribution in [-0.2, 0) is 23.2 Å². The minimum Gasteiger partial charge on any atom is -0.497 e. The molecular weight excluding hydrogens is 483 g/mol. The fraction of sp³-hybridized carbons (Fsp3) is 0.452. The lowest BCUT2D eigenvalue weighted by Crippen LogP contribution is -2.31. The molecule has 7 heteroatoms. The van der Waals surface area contributed by atoms with Gasteiger partial charge in [-0.25, -0.2) is 4.39 Å². The summed E-state index contributed by atoms with van der Waals surface area (Å²) in [4.78, 5) is 21.2. The number of carboxylic acids is 1. The molecule has 3 aromatic rings. The van der Waals surface area contributed by atoms with E-state index in [1.54, 1.807) is 25.4 Å². The summed E-state index contributed by atoms with van der Waals surface area (Å²) in [6.07, 6.45) is 5.20. The number of carboxylic acid groups (broad SMARTS) is 1. The van der Waals surface area contributed by atoms with Crippen molar-refractivity contribution in [2.75, 3.05) is 7.11 Å². The van der Waals surface area contributed by atoms with E-state index in [9.17, 15) is 14.3 Å². The molecule has 0 amide bonds. The number of carbonyl (C=O) groups is 1. The first-order chi connectivity index (χ1) is 18.0. The Labute approximate surface area is 224 Å². The SMILES string of the molecule is CC[C@@](CC(=O)O)(c1cccc(OCc2cnc(-c3cc(OC)ccc3F)c(CC(C)(C)C)n2)c1)C1CC1. The number of hydrogen-bond acceptors (Lipinski definition) is 5. The van der Waals surface area contributed by atoms with Gasteiger partial charge in [0, 0.05) is 11.0 Å². The van der Waals surface area contributed by atoms with Gasteiger partial charge in [-0.15, -0.1) is 0 Å². The molecule has 1 aromatic heterocycles. The Kier molecular flexibility index (Phi) is 8.05. The first-order valence-corrected chi connectivity index (χ1v) is 13.2. The minimum atomic E-state index is -0.778. The van der Waals surface area contributed by atoms with E-state index in [4.69, 9.17) is 14.5 Å². The summed E-state index contributed by atoms with van der Waals surface area (Å²) in [5, 5.41) is 9.62. The predicted octanol–water partition coefficient (Wildman–Crippen LogP) is 6.99. The number of benzene rings is 2. The molecule has 2 aromatic carbocycles. The van der Waals surface area contributed by atoms with Crippen molar-refractivity contribution in [1.82, 2.24) is 9.97 Å². The molecular formula is C31H37FN2O4. The monoisotopic (exact) mass is 520 g/mol. The first kappa shape index (κ1) is 27.6. The lowest BCUT2D eigenvalue weighted by molar-refractivity contribution is -0.138. The maximum Gasteiger partial charge on any atom is 0.304 e. The van der Waals surface area contributed by atoms with E-state index in [2.05, 4.69) is 32.7 Å². The van der Waals surface area contributed by atoms with Crippen LogP contribution in [0, 0.1) is 17.2 Å². The smallest absolute Gasteiger partial charge is 0.304 e. The van der Waals surface area contributed by atoms with Gasteiger partial charge in [-0.2, -0.15) is 0 Å². The topological polar surface area (TPSA) is 81.5 Å². The summed E-state index contributed by atoms with van der Waals surface area (Å²) in [6, 6.07) is 12.4. The van der Waals surface area contributed by atoms with Gasteiger partial charge in [0.2, 0.25) is 0 Å². The van der Waals surface area contributed by atoms with Crippen LogP contribution in [0.2, 0.25) is 0 Å². The van der Waals surface area contributed by atoms with E-state index < -0.39 is 5.97 Å².